The third kappa shape index (κ3) is 5.99. The highest BCUT2D eigenvalue weighted by molar-refractivity contribution is 7.89. The summed E-state index contributed by atoms with van der Waals surface area (Å²) < 4.78 is 34.6. The number of hydrogen-bond acceptors (Lipinski definition) is 6. The minimum Gasteiger partial charge on any atom is -0.385 e. The van der Waals surface area contributed by atoms with E-state index < -0.39 is 21.7 Å². The summed E-state index contributed by atoms with van der Waals surface area (Å²) in [6, 6.07) is 15.1. The summed E-state index contributed by atoms with van der Waals surface area (Å²) in [5.74, 6) is -0.199. The molecule has 0 spiro atoms. The van der Waals surface area contributed by atoms with Gasteiger partial charge in [0, 0.05) is 42.6 Å². The third-order valence-corrected chi connectivity index (χ3v) is 10.1. The van der Waals surface area contributed by atoms with Crippen LogP contribution in [0.25, 0.3) is 0 Å². The summed E-state index contributed by atoms with van der Waals surface area (Å²) in [6.45, 7) is 0.801. The number of carbonyl (C=O) groups is 1. The summed E-state index contributed by atoms with van der Waals surface area (Å²) in [5, 5.41) is 11.4. The fourth-order valence-electron chi connectivity index (χ4n) is 5.22. The van der Waals surface area contributed by atoms with Crippen LogP contribution >= 0.6 is 23.2 Å². The molecule has 11 heteroatoms. The first-order valence-electron chi connectivity index (χ1n) is 12.7. The quantitative estimate of drug-likeness (QED) is 0.446. The van der Waals surface area contributed by atoms with Crippen molar-refractivity contribution in [3.8, 4) is 0 Å². The Morgan fingerprint density at radius 1 is 1.08 bits per heavy atom. The molecule has 1 saturated heterocycles. The van der Waals surface area contributed by atoms with Gasteiger partial charge in [0.05, 0.1) is 23.3 Å². The molecule has 1 aromatic heterocycles. The molecule has 0 aliphatic carbocycles. The van der Waals surface area contributed by atoms with Gasteiger partial charge in [-0.05, 0) is 54.7 Å². The van der Waals surface area contributed by atoms with Crippen LogP contribution in [0.15, 0.2) is 71.9 Å². The molecule has 5 rings (SSSR count). The van der Waals surface area contributed by atoms with Crippen molar-refractivity contribution in [3.63, 3.8) is 0 Å². The minimum absolute atomic E-state index is 0.0246. The molecular formula is C28H29Cl2N3O5S. The molecule has 2 aliphatic rings. The van der Waals surface area contributed by atoms with E-state index in [1.165, 1.54) is 22.5 Å². The molecule has 1 atom stereocenters. The van der Waals surface area contributed by atoms with Gasteiger partial charge < -0.3 is 14.7 Å². The molecule has 2 aliphatic heterocycles. The second-order valence-electron chi connectivity index (χ2n) is 9.92. The standard InChI is InChI=1S/C28H29Cl2N3O5S/c29-23-7-8-26(25(30)15-23)39(36,37)33-17-21-5-2-1-4-20(21)14-24(33)18-38-19-27(34)32-12-9-28(35,10-13-32)22-6-3-11-31-16-22/h1-8,11,15-16,24,35H,9-10,12-14,17-19H2/t24-/m0/s1. The smallest absolute Gasteiger partial charge is 0.248 e. The van der Waals surface area contributed by atoms with Gasteiger partial charge in [-0.2, -0.15) is 4.31 Å². The molecule has 0 bridgehead atoms. The minimum atomic E-state index is -3.98. The SMILES string of the molecule is O=C(COC[C@@H]1Cc2ccccc2CN1S(=O)(=O)c1ccc(Cl)cc1Cl)N1CCC(O)(c2cccnc2)CC1. The number of likely N-dealkylation sites (tertiary alicyclic amines) is 1. The Kier molecular flexibility index (Phi) is 8.28. The van der Waals surface area contributed by atoms with Gasteiger partial charge in [-0.25, -0.2) is 8.42 Å². The maximum atomic E-state index is 13.7. The zero-order valence-corrected chi connectivity index (χ0v) is 23.5. The molecule has 1 N–H and O–H groups in total. The zero-order valence-electron chi connectivity index (χ0n) is 21.2. The number of ether oxygens (including phenoxy) is 1. The third-order valence-electron chi connectivity index (χ3n) is 7.47. The zero-order chi connectivity index (χ0) is 27.6. The number of amides is 1. The predicted molar refractivity (Wildman–Crippen MR) is 148 cm³/mol. The van der Waals surface area contributed by atoms with E-state index in [1.807, 2.05) is 30.3 Å². The number of nitrogens with zero attached hydrogens (tertiary/aromatic N) is 3. The average Bonchev–Trinajstić information content (AvgIpc) is 2.93. The second kappa shape index (κ2) is 11.5. The van der Waals surface area contributed by atoms with Crippen molar-refractivity contribution in [1.29, 1.82) is 0 Å². The Hall–Kier alpha value is -2.53. The van der Waals surface area contributed by atoms with E-state index in [-0.39, 0.29) is 35.6 Å². The van der Waals surface area contributed by atoms with Crippen molar-refractivity contribution in [1.82, 2.24) is 14.2 Å². The summed E-state index contributed by atoms with van der Waals surface area (Å²) in [4.78, 5) is 18.6. The van der Waals surface area contributed by atoms with E-state index >= 15 is 0 Å². The molecular weight excluding hydrogens is 561 g/mol. The lowest BCUT2D eigenvalue weighted by Gasteiger charge is -2.38. The van der Waals surface area contributed by atoms with Crippen molar-refractivity contribution in [2.75, 3.05) is 26.3 Å². The van der Waals surface area contributed by atoms with E-state index in [0.29, 0.717) is 37.4 Å². The van der Waals surface area contributed by atoms with Crippen LogP contribution in [0.4, 0.5) is 0 Å². The van der Waals surface area contributed by atoms with E-state index in [2.05, 4.69) is 4.98 Å². The Morgan fingerprint density at radius 2 is 1.82 bits per heavy atom. The highest BCUT2D eigenvalue weighted by atomic mass is 35.5. The molecule has 3 heterocycles. The van der Waals surface area contributed by atoms with Crippen molar-refractivity contribution in [2.45, 2.75) is 42.3 Å². The van der Waals surface area contributed by atoms with Gasteiger partial charge >= 0.3 is 0 Å². The number of piperidine rings is 1. The average molecular weight is 591 g/mol. The van der Waals surface area contributed by atoms with E-state index in [1.54, 1.807) is 23.4 Å². The first-order valence-corrected chi connectivity index (χ1v) is 14.9. The Bertz CT molecular complexity index is 1450. The van der Waals surface area contributed by atoms with Crippen molar-refractivity contribution in [3.05, 3.63) is 93.7 Å². The maximum absolute atomic E-state index is 13.7. The predicted octanol–water partition coefficient (Wildman–Crippen LogP) is 4.03. The molecule has 8 nitrogen and oxygen atoms in total. The molecule has 206 valence electrons. The molecule has 0 saturated carbocycles. The van der Waals surface area contributed by atoms with Crippen LogP contribution in [0.5, 0.6) is 0 Å². The first kappa shape index (κ1) is 28.0. The number of aliphatic hydroxyl groups is 1. The number of aromatic nitrogens is 1. The first-order chi connectivity index (χ1) is 18.7. The van der Waals surface area contributed by atoms with Crippen LogP contribution in [0.1, 0.15) is 29.5 Å². The lowest BCUT2D eigenvalue weighted by atomic mass is 9.85. The lowest BCUT2D eigenvalue weighted by molar-refractivity contribution is -0.141. The van der Waals surface area contributed by atoms with Crippen LogP contribution in [0, 0.1) is 0 Å². The van der Waals surface area contributed by atoms with E-state index in [9.17, 15) is 18.3 Å². The monoisotopic (exact) mass is 589 g/mol. The van der Waals surface area contributed by atoms with Crippen LogP contribution in [0.3, 0.4) is 0 Å². The van der Waals surface area contributed by atoms with Crippen molar-refractivity contribution >= 4 is 39.1 Å². The molecule has 1 fully saturated rings. The number of fused-ring (bicyclic) bond motifs is 1. The Morgan fingerprint density at radius 3 is 2.51 bits per heavy atom. The molecule has 3 aromatic rings. The number of rotatable bonds is 7. The number of halogens is 2. The normalized spacial score (nSPS) is 19.5. The number of sulfonamides is 1. The fraction of sp³-hybridized carbons (Fsp3) is 0.357. The largest absolute Gasteiger partial charge is 0.385 e. The van der Waals surface area contributed by atoms with Crippen molar-refractivity contribution in [2.24, 2.45) is 0 Å². The number of carbonyl (C=O) groups excluding carboxylic acids is 1. The van der Waals surface area contributed by atoms with Gasteiger partial charge in [-0.3, -0.25) is 9.78 Å². The summed E-state index contributed by atoms with van der Waals surface area (Å²) in [6.07, 6.45) is 4.55. The highest BCUT2D eigenvalue weighted by Gasteiger charge is 2.38. The van der Waals surface area contributed by atoms with Gasteiger partial charge in [-0.15, -0.1) is 0 Å². The van der Waals surface area contributed by atoms with Gasteiger partial charge in [0.15, 0.2) is 0 Å². The van der Waals surface area contributed by atoms with Crippen LogP contribution in [-0.2, 0) is 38.1 Å². The van der Waals surface area contributed by atoms with Gasteiger partial charge in [0.25, 0.3) is 0 Å². The second-order valence-corrected chi connectivity index (χ2v) is 12.6. The summed E-state index contributed by atoms with van der Waals surface area (Å²) in [5.41, 5.74) is 1.68. The molecule has 1 amide bonds. The van der Waals surface area contributed by atoms with Gasteiger partial charge in [0.1, 0.15) is 11.5 Å². The number of pyridine rings is 1. The highest BCUT2D eigenvalue weighted by Crippen LogP contribution is 2.34. The fourth-order valence-corrected chi connectivity index (χ4v) is 7.56. The van der Waals surface area contributed by atoms with E-state index in [4.69, 9.17) is 27.9 Å². The number of hydrogen-bond donors (Lipinski definition) is 1. The Labute approximate surface area is 238 Å². The van der Waals surface area contributed by atoms with Crippen LogP contribution in [0.2, 0.25) is 10.0 Å². The number of benzene rings is 2. The lowest BCUT2D eigenvalue weighted by Crippen LogP contribution is -2.48. The maximum Gasteiger partial charge on any atom is 0.248 e. The van der Waals surface area contributed by atoms with Gasteiger partial charge in [-0.1, -0.05) is 53.5 Å². The van der Waals surface area contributed by atoms with Crippen LogP contribution in [-0.4, -0.2) is 66.0 Å². The summed E-state index contributed by atoms with van der Waals surface area (Å²) in [7, 11) is -3.98. The molecule has 2 aromatic carbocycles. The van der Waals surface area contributed by atoms with Crippen molar-refractivity contribution < 1.29 is 23.1 Å². The van der Waals surface area contributed by atoms with Crippen LogP contribution < -0.4 is 0 Å². The van der Waals surface area contributed by atoms with Gasteiger partial charge in [0.2, 0.25) is 15.9 Å². The Balaban J connectivity index is 1.25. The summed E-state index contributed by atoms with van der Waals surface area (Å²) >= 11 is 12.3. The molecule has 0 radical (unpaired) electrons. The van der Waals surface area contributed by atoms with E-state index in [0.717, 1.165) is 16.7 Å². The molecule has 39 heavy (non-hydrogen) atoms. The molecule has 0 unspecified atom stereocenters. The topological polar surface area (TPSA) is 100 Å².